The highest BCUT2D eigenvalue weighted by Gasteiger charge is 2.33. The van der Waals surface area contributed by atoms with E-state index in [-0.39, 0.29) is 25.0 Å². The van der Waals surface area contributed by atoms with Crippen LogP contribution in [0.15, 0.2) is 97.1 Å². The Morgan fingerprint density at radius 2 is 0.925 bits per heavy atom. The molecule has 200 valence electrons. The van der Waals surface area contributed by atoms with Gasteiger partial charge in [0, 0.05) is 11.8 Å². The Hall–Kier alpha value is -4.95. The quantitative estimate of drug-likeness (QED) is 0.290. The van der Waals surface area contributed by atoms with E-state index in [9.17, 15) is 19.5 Å². The van der Waals surface area contributed by atoms with Crippen LogP contribution in [0.25, 0.3) is 22.3 Å². The lowest BCUT2D eigenvalue weighted by Gasteiger charge is -2.22. The van der Waals surface area contributed by atoms with E-state index in [1.54, 1.807) is 0 Å². The topological polar surface area (TPSA) is 105 Å². The maximum absolute atomic E-state index is 13.1. The molecule has 8 nitrogen and oxygen atoms in total. The van der Waals surface area contributed by atoms with Crippen molar-refractivity contribution in [2.24, 2.45) is 0 Å². The molecule has 0 saturated carbocycles. The maximum Gasteiger partial charge on any atom is 0.434 e. The van der Waals surface area contributed by atoms with Gasteiger partial charge in [0.05, 0.1) is 0 Å². The summed E-state index contributed by atoms with van der Waals surface area (Å²) in [5.41, 5.74) is 10.7. The first kappa shape index (κ1) is 25.3. The van der Waals surface area contributed by atoms with Crippen molar-refractivity contribution in [2.45, 2.75) is 11.8 Å². The average Bonchev–Trinajstić information content (AvgIpc) is 3.47. The number of rotatable bonds is 7. The average molecular weight is 535 g/mol. The van der Waals surface area contributed by atoms with Gasteiger partial charge in [-0.15, -0.1) is 5.01 Å². The zero-order chi connectivity index (χ0) is 27.6. The number of carboxylic acids is 1. The Kier molecular flexibility index (Phi) is 6.76. The summed E-state index contributed by atoms with van der Waals surface area (Å²) >= 11 is 0. The Morgan fingerprint density at radius 3 is 1.25 bits per heavy atom. The molecule has 0 heterocycles. The molecule has 2 aliphatic rings. The van der Waals surface area contributed by atoms with Crippen LogP contribution in [-0.2, 0) is 14.3 Å². The van der Waals surface area contributed by atoms with Crippen molar-refractivity contribution in [1.82, 2.24) is 10.4 Å². The lowest BCUT2D eigenvalue weighted by Crippen LogP contribution is -2.49. The summed E-state index contributed by atoms with van der Waals surface area (Å²) in [7, 11) is 0. The predicted molar refractivity (Wildman–Crippen MR) is 148 cm³/mol. The number of fused-ring (bicyclic) bond motifs is 6. The molecule has 2 N–H and O–H groups in total. The van der Waals surface area contributed by atoms with E-state index in [0.29, 0.717) is 5.01 Å². The van der Waals surface area contributed by atoms with Gasteiger partial charge < -0.3 is 14.6 Å². The van der Waals surface area contributed by atoms with Gasteiger partial charge in [0.2, 0.25) is 0 Å². The first-order valence-corrected chi connectivity index (χ1v) is 13.0. The first-order valence-electron chi connectivity index (χ1n) is 13.0. The molecule has 0 fully saturated rings. The van der Waals surface area contributed by atoms with Crippen LogP contribution in [0.1, 0.15) is 34.1 Å². The number of aliphatic carboxylic acids is 1. The number of nitrogens with zero attached hydrogens (tertiary/aromatic N) is 1. The molecular weight excluding hydrogens is 508 g/mol. The Balaban J connectivity index is 1.17. The van der Waals surface area contributed by atoms with Gasteiger partial charge in [0.1, 0.15) is 19.8 Å². The summed E-state index contributed by atoms with van der Waals surface area (Å²) in [6.07, 6.45) is -2.08. The number of nitrogens with one attached hydrogen (secondary N) is 1. The van der Waals surface area contributed by atoms with Gasteiger partial charge in [-0.25, -0.2) is 15.0 Å². The van der Waals surface area contributed by atoms with E-state index in [4.69, 9.17) is 9.47 Å². The molecule has 4 aromatic carbocycles. The fraction of sp³-hybridized carbons (Fsp3) is 0.156. The number of hydrogen-bond donors (Lipinski definition) is 2. The van der Waals surface area contributed by atoms with Crippen LogP contribution in [-0.4, -0.2) is 48.0 Å². The van der Waals surface area contributed by atoms with Crippen LogP contribution in [0.5, 0.6) is 0 Å². The summed E-state index contributed by atoms with van der Waals surface area (Å²) in [5, 5.41) is 9.67. The molecule has 8 heteroatoms. The van der Waals surface area contributed by atoms with E-state index < -0.39 is 24.7 Å². The van der Waals surface area contributed by atoms with Crippen molar-refractivity contribution in [3.05, 3.63) is 119 Å². The summed E-state index contributed by atoms with van der Waals surface area (Å²) in [4.78, 5) is 37.5. The van der Waals surface area contributed by atoms with Crippen LogP contribution in [0.3, 0.4) is 0 Å². The molecule has 0 atom stereocenters. The summed E-state index contributed by atoms with van der Waals surface area (Å²) in [5.74, 6) is -1.69. The van der Waals surface area contributed by atoms with Gasteiger partial charge in [0.15, 0.2) is 0 Å². The van der Waals surface area contributed by atoms with Gasteiger partial charge in [-0.05, 0) is 44.5 Å². The molecule has 4 aromatic rings. The fourth-order valence-electron chi connectivity index (χ4n) is 5.67. The first-order chi connectivity index (χ1) is 19.5. The highest BCUT2D eigenvalue weighted by atomic mass is 16.6. The van der Waals surface area contributed by atoms with Crippen LogP contribution < -0.4 is 5.43 Å². The normalized spacial score (nSPS) is 13.1. The zero-order valence-electron chi connectivity index (χ0n) is 21.4. The monoisotopic (exact) mass is 534 g/mol. The van der Waals surface area contributed by atoms with Gasteiger partial charge in [0.25, 0.3) is 0 Å². The zero-order valence-corrected chi connectivity index (χ0v) is 21.4. The Bertz CT molecular complexity index is 1410. The highest BCUT2D eigenvalue weighted by molar-refractivity contribution is 5.88. The molecule has 0 bridgehead atoms. The number of carbonyl (C=O) groups is 3. The standard InChI is InChI=1S/C32H26N2O6/c35-30(36)17-33-34(31(37)39-18-28-24-13-5-1-9-20(24)21-10-2-6-14-25(21)28)32(38)40-19-29-26-15-7-3-11-22(26)23-12-4-8-16-27(23)29/h1-16,28-29,33H,17-19H2,(H,35,36). The second-order valence-electron chi connectivity index (χ2n) is 9.67. The fourth-order valence-corrected chi connectivity index (χ4v) is 5.67. The largest absolute Gasteiger partial charge is 0.480 e. The van der Waals surface area contributed by atoms with Gasteiger partial charge in [-0.2, -0.15) is 0 Å². The minimum Gasteiger partial charge on any atom is -0.480 e. The molecule has 0 unspecified atom stereocenters. The summed E-state index contributed by atoms with van der Waals surface area (Å²) in [6.45, 7) is -0.738. The number of carbonyl (C=O) groups excluding carboxylic acids is 2. The lowest BCUT2D eigenvalue weighted by atomic mass is 9.98. The van der Waals surface area contributed by atoms with E-state index in [2.05, 4.69) is 5.43 Å². The van der Waals surface area contributed by atoms with Crippen LogP contribution in [0.2, 0.25) is 0 Å². The van der Waals surface area contributed by atoms with E-state index in [1.807, 2.05) is 97.1 Å². The number of hydrazine groups is 1. The molecule has 0 aliphatic heterocycles. The number of benzene rings is 4. The third-order valence-corrected chi connectivity index (χ3v) is 7.43. The molecule has 6 rings (SSSR count). The van der Waals surface area contributed by atoms with Crippen LogP contribution in [0, 0.1) is 0 Å². The molecule has 0 radical (unpaired) electrons. The summed E-state index contributed by atoms with van der Waals surface area (Å²) in [6, 6.07) is 31.6. The van der Waals surface area contributed by atoms with Crippen molar-refractivity contribution >= 4 is 18.2 Å². The molecule has 0 aromatic heterocycles. The minimum atomic E-state index is -1.25. The molecule has 40 heavy (non-hydrogen) atoms. The van der Waals surface area contributed by atoms with Gasteiger partial charge in [-0.3, -0.25) is 4.79 Å². The number of hydrogen-bond acceptors (Lipinski definition) is 6. The van der Waals surface area contributed by atoms with E-state index in [1.165, 1.54) is 0 Å². The van der Waals surface area contributed by atoms with Crippen molar-refractivity contribution in [1.29, 1.82) is 0 Å². The van der Waals surface area contributed by atoms with Crippen molar-refractivity contribution < 1.29 is 29.0 Å². The number of ether oxygens (including phenoxy) is 2. The van der Waals surface area contributed by atoms with Gasteiger partial charge in [-0.1, -0.05) is 97.1 Å². The number of amides is 2. The van der Waals surface area contributed by atoms with E-state index in [0.717, 1.165) is 44.5 Å². The second-order valence-corrected chi connectivity index (χ2v) is 9.67. The smallest absolute Gasteiger partial charge is 0.434 e. The number of imide groups is 1. The second kappa shape index (κ2) is 10.7. The third kappa shape index (κ3) is 4.58. The number of carboxylic acid groups (broad SMARTS) is 1. The maximum atomic E-state index is 13.1. The van der Waals surface area contributed by atoms with E-state index >= 15 is 0 Å². The van der Waals surface area contributed by atoms with Gasteiger partial charge >= 0.3 is 18.2 Å². The molecule has 2 amide bonds. The minimum absolute atomic E-state index is 0.0330. The predicted octanol–water partition coefficient (Wildman–Crippen LogP) is 5.78. The van der Waals surface area contributed by atoms with Crippen molar-refractivity contribution in [3.63, 3.8) is 0 Å². The Morgan fingerprint density at radius 1 is 0.600 bits per heavy atom. The van der Waals surface area contributed by atoms with Crippen molar-refractivity contribution in [2.75, 3.05) is 19.8 Å². The van der Waals surface area contributed by atoms with Crippen LogP contribution in [0.4, 0.5) is 9.59 Å². The third-order valence-electron chi connectivity index (χ3n) is 7.43. The highest BCUT2D eigenvalue weighted by Crippen LogP contribution is 2.45. The molecular formula is C32H26N2O6. The Labute approximate surface area is 230 Å². The lowest BCUT2D eigenvalue weighted by molar-refractivity contribution is -0.136. The van der Waals surface area contributed by atoms with Crippen molar-refractivity contribution in [3.8, 4) is 22.3 Å². The summed E-state index contributed by atoms with van der Waals surface area (Å²) < 4.78 is 11.1. The molecule has 0 spiro atoms. The van der Waals surface area contributed by atoms with Crippen LogP contribution >= 0.6 is 0 Å². The molecule has 0 saturated heterocycles. The molecule has 2 aliphatic carbocycles. The SMILES string of the molecule is O=C(O)CNN(C(=O)OCC1c2ccccc2-c2ccccc21)C(=O)OCC1c2ccccc2-c2ccccc21.